The van der Waals surface area contributed by atoms with E-state index in [0.717, 1.165) is 11.3 Å². The predicted octanol–water partition coefficient (Wildman–Crippen LogP) is 4.38. The van der Waals surface area contributed by atoms with E-state index >= 15 is 0 Å². The molecular formula is C16H14O. The van der Waals surface area contributed by atoms with Gasteiger partial charge >= 0.3 is 0 Å². The van der Waals surface area contributed by atoms with Gasteiger partial charge in [-0.3, -0.25) is 0 Å². The number of hydrogen-bond donors (Lipinski definition) is 0. The molecule has 0 spiro atoms. The van der Waals surface area contributed by atoms with Crippen molar-refractivity contribution in [3.05, 3.63) is 78.6 Å². The molecular weight excluding hydrogens is 208 g/mol. The standard InChI is InChI=1S/C16H14O/c1-2-17-16-12-10-15(11-13-16)9-8-14-6-4-3-5-7-14/h2-13H,1H2. The van der Waals surface area contributed by atoms with Gasteiger partial charge in [-0.1, -0.05) is 61.2 Å². The molecule has 0 amide bonds. The maximum absolute atomic E-state index is 5.16. The van der Waals surface area contributed by atoms with E-state index in [4.69, 9.17) is 4.74 Å². The van der Waals surface area contributed by atoms with Crippen LogP contribution in [-0.2, 0) is 0 Å². The molecule has 0 aliphatic heterocycles. The molecule has 1 heteroatoms. The van der Waals surface area contributed by atoms with Gasteiger partial charge in [0, 0.05) is 0 Å². The second kappa shape index (κ2) is 5.71. The van der Waals surface area contributed by atoms with Gasteiger partial charge in [0.1, 0.15) is 5.75 Å². The van der Waals surface area contributed by atoms with Crippen LogP contribution in [0.15, 0.2) is 67.4 Å². The third kappa shape index (κ3) is 3.35. The lowest BCUT2D eigenvalue weighted by atomic mass is 10.1. The molecule has 0 atom stereocenters. The zero-order chi connectivity index (χ0) is 11.9. The molecule has 0 heterocycles. The highest BCUT2D eigenvalue weighted by Crippen LogP contribution is 2.14. The molecule has 2 rings (SSSR count). The fourth-order valence-corrected chi connectivity index (χ4v) is 1.51. The molecule has 0 aromatic heterocycles. The van der Waals surface area contributed by atoms with Gasteiger partial charge < -0.3 is 4.74 Å². The van der Waals surface area contributed by atoms with Gasteiger partial charge in [0.2, 0.25) is 0 Å². The summed E-state index contributed by atoms with van der Waals surface area (Å²) in [6.45, 7) is 3.52. The van der Waals surface area contributed by atoms with Gasteiger partial charge in [0.05, 0.1) is 6.26 Å². The molecule has 0 saturated carbocycles. The third-order valence-corrected chi connectivity index (χ3v) is 2.37. The zero-order valence-corrected chi connectivity index (χ0v) is 9.54. The molecule has 0 bridgehead atoms. The molecule has 84 valence electrons. The molecule has 1 nitrogen and oxygen atoms in total. The van der Waals surface area contributed by atoms with Crippen LogP contribution in [-0.4, -0.2) is 0 Å². The van der Waals surface area contributed by atoms with Crippen LogP contribution in [0.4, 0.5) is 0 Å². The minimum Gasteiger partial charge on any atom is -0.466 e. The normalized spacial score (nSPS) is 10.4. The molecule has 0 unspecified atom stereocenters. The topological polar surface area (TPSA) is 9.23 Å². The Hall–Kier alpha value is -2.28. The van der Waals surface area contributed by atoms with Gasteiger partial charge in [-0.15, -0.1) is 0 Å². The van der Waals surface area contributed by atoms with Crippen molar-refractivity contribution in [2.75, 3.05) is 0 Å². The Kier molecular flexibility index (Phi) is 3.77. The number of ether oxygens (including phenoxy) is 1. The molecule has 2 aromatic carbocycles. The second-order valence-corrected chi connectivity index (χ2v) is 3.60. The SMILES string of the molecule is C=COc1ccc(C=Cc2ccccc2)cc1. The molecule has 0 fully saturated rings. The second-order valence-electron chi connectivity index (χ2n) is 3.60. The van der Waals surface area contributed by atoms with Crippen LogP contribution in [0.3, 0.4) is 0 Å². The van der Waals surface area contributed by atoms with E-state index in [1.165, 1.54) is 11.8 Å². The van der Waals surface area contributed by atoms with Crippen LogP contribution in [0.1, 0.15) is 11.1 Å². The Morgan fingerprint density at radius 2 is 1.35 bits per heavy atom. The van der Waals surface area contributed by atoms with Crippen molar-refractivity contribution in [1.29, 1.82) is 0 Å². The summed E-state index contributed by atoms with van der Waals surface area (Å²) in [6.07, 6.45) is 5.59. The molecule has 0 saturated heterocycles. The van der Waals surface area contributed by atoms with Crippen LogP contribution >= 0.6 is 0 Å². The summed E-state index contributed by atoms with van der Waals surface area (Å²) < 4.78 is 5.16. The van der Waals surface area contributed by atoms with Gasteiger partial charge in [-0.25, -0.2) is 0 Å². The quantitative estimate of drug-likeness (QED) is 0.551. The molecule has 0 aliphatic carbocycles. The Balaban J connectivity index is 2.08. The first kappa shape index (κ1) is 11.2. The van der Waals surface area contributed by atoms with Crippen molar-refractivity contribution in [1.82, 2.24) is 0 Å². The van der Waals surface area contributed by atoms with Crippen molar-refractivity contribution < 1.29 is 4.74 Å². The lowest BCUT2D eigenvalue weighted by Crippen LogP contribution is -1.80. The fraction of sp³-hybridized carbons (Fsp3) is 0. The average molecular weight is 222 g/mol. The first-order valence-electron chi connectivity index (χ1n) is 5.49. The lowest BCUT2D eigenvalue weighted by Gasteiger charge is -1.99. The van der Waals surface area contributed by atoms with E-state index in [1.54, 1.807) is 0 Å². The van der Waals surface area contributed by atoms with E-state index in [2.05, 4.69) is 30.9 Å². The van der Waals surface area contributed by atoms with Crippen molar-refractivity contribution in [2.24, 2.45) is 0 Å². The highest BCUT2D eigenvalue weighted by atomic mass is 16.5. The first-order valence-corrected chi connectivity index (χ1v) is 5.49. The Morgan fingerprint density at radius 3 is 1.94 bits per heavy atom. The van der Waals surface area contributed by atoms with Crippen LogP contribution < -0.4 is 4.74 Å². The van der Waals surface area contributed by atoms with Crippen LogP contribution in [0, 0.1) is 0 Å². The van der Waals surface area contributed by atoms with Crippen LogP contribution in [0.25, 0.3) is 12.2 Å². The predicted molar refractivity (Wildman–Crippen MR) is 72.6 cm³/mol. The molecule has 17 heavy (non-hydrogen) atoms. The largest absolute Gasteiger partial charge is 0.466 e. The Morgan fingerprint density at radius 1 is 0.765 bits per heavy atom. The van der Waals surface area contributed by atoms with E-state index in [1.807, 2.05) is 42.5 Å². The van der Waals surface area contributed by atoms with Crippen LogP contribution in [0.2, 0.25) is 0 Å². The van der Waals surface area contributed by atoms with Crippen LogP contribution in [0.5, 0.6) is 5.75 Å². The monoisotopic (exact) mass is 222 g/mol. The summed E-state index contributed by atoms with van der Waals surface area (Å²) in [6, 6.07) is 18.1. The van der Waals surface area contributed by atoms with Gasteiger partial charge in [-0.2, -0.15) is 0 Å². The molecule has 0 N–H and O–H groups in total. The summed E-state index contributed by atoms with van der Waals surface area (Å²) in [5.41, 5.74) is 2.34. The summed E-state index contributed by atoms with van der Waals surface area (Å²) in [4.78, 5) is 0. The summed E-state index contributed by atoms with van der Waals surface area (Å²) >= 11 is 0. The van der Waals surface area contributed by atoms with E-state index in [0.29, 0.717) is 0 Å². The summed E-state index contributed by atoms with van der Waals surface area (Å²) in [5.74, 6) is 0.803. The third-order valence-electron chi connectivity index (χ3n) is 2.37. The number of hydrogen-bond acceptors (Lipinski definition) is 1. The maximum Gasteiger partial charge on any atom is 0.126 e. The van der Waals surface area contributed by atoms with E-state index < -0.39 is 0 Å². The lowest BCUT2D eigenvalue weighted by molar-refractivity contribution is 0.483. The number of benzene rings is 2. The van der Waals surface area contributed by atoms with Gasteiger partial charge in [-0.05, 0) is 23.3 Å². The zero-order valence-electron chi connectivity index (χ0n) is 9.54. The minimum absolute atomic E-state index is 0.803. The van der Waals surface area contributed by atoms with Crippen molar-refractivity contribution in [3.63, 3.8) is 0 Å². The number of rotatable bonds is 4. The highest BCUT2D eigenvalue weighted by molar-refractivity contribution is 5.69. The summed E-state index contributed by atoms with van der Waals surface area (Å²) in [7, 11) is 0. The minimum atomic E-state index is 0.803. The molecule has 0 aliphatic rings. The Labute approximate surface area is 102 Å². The maximum atomic E-state index is 5.16. The average Bonchev–Trinajstić information content (AvgIpc) is 2.40. The first-order chi connectivity index (χ1) is 8.38. The molecule has 0 radical (unpaired) electrons. The van der Waals surface area contributed by atoms with E-state index in [-0.39, 0.29) is 0 Å². The highest BCUT2D eigenvalue weighted by Gasteiger charge is 1.90. The van der Waals surface area contributed by atoms with Crippen molar-refractivity contribution in [3.8, 4) is 5.75 Å². The van der Waals surface area contributed by atoms with Gasteiger partial charge in [0.15, 0.2) is 0 Å². The van der Waals surface area contributed by atoms with Crippen molar-refractivity contribution in [2.45, 2.75) is 0 Å². The smallest absolute Gasteiger partial charge is 0.126 e. The molecule has 2 aromatic rings. The van der Waals surface area contributed by atoms with Crippen molar-refractivity contribution >= 4 is 12.2 Å². The summed E-state index contributed by atoms with van der Waals surface area (Å²) in [5, 5.41) is 0. The van der Waals surface area contributed by atoms with E-state index in [9.17, 15) is 0 Å². The fourth-order valence-electron chi connectivity index (χ4n) is 1.51. The van der Waals surface area contributed by atoms with Gasteiger partial charge in [0.25, 0.3) is 0 Å². The Bertz CT molecular complexity index is 495.